The fourth-order valence-corrected chi connectivity index (χ4v) is 6.72. The molecule has 1 aliphatic rings. The molecule has 0 spiro atoms. The first-order valence-electron chi connectivity index (χ1n) is 16.5. The van der Waals surface area contributed by atoms with Crippen LogP contribution in [0.3, 0.4) is 0 Å². The van der Waals surface area contributed by atoms with Crippen molar-refractivity contribution in [3.8, 4) is 0 Å². The molecule has 1 fully saturated rings. The van der Waals surface area contributed by atoms with E-state index in [9.17, 15) is 29.3 Å². The molecule has 1 aliphatic heterocycles. The van der Waals surface area contributed by atoms with Gasteiger partial charge in [0.1, 0.15) is 6.04 Å². The summed E-state index contributed by atoms with van der Waals surface area (Å²) in [5.74, 6) is -1.20. The van der Waals surface area contributed by atoms with Crippen LogP contribution in [0, 0.1) is 27.9 Å². The van der Waals surface area contributed by atoms with E-state index < -0.39 is 35.1 Å². The molecule has 4 amide bonds. The number of likely N-dealkylation sites (tertiary alicyclic amines) is 1. The van der Waals surface area contributed by atoms with Crippen LogP contribution in [0.5, 0.6) is 0 Å². The first kappa shape index (κ1) is 39.6. The number of hydrogen-bond acceptors (Lipinski definition) is 8. The van der Waals surface area contributed by atoms with Gasteiger partial charge in [0.05, 0.1) is 41.6 Å². The third-order valence-electron chi connectivity index (χ3n) is 9.65. The maximum absolute atomic E-state index is 13.9. The fourth-order valence-electron chi connectivity index (χ4n) is 6.72. The van der Waals surface area contributed by atoms with Crippen LogP contribution in [0.15, 0.2) is 24.3 Å². The molecular formula is C34H55N5O8. The molecule has 13 heteroatoms. The highest BCUT2D eigenvalue weighted by molar-refractivity contribution is 5.84. The van der Waals surface area contributed by atoms with Gasteiger partial charge in [-0.2, -0.15) is 0 Å². The van der Waals surface area contributed by atoms with E-state index in [0.717, 1.165) is 18.4 Å². The second-order valence-electron chi connectivity index (χ2n) is 13.0. The first-order chi connectivity index (χ1) is 22.2. The Morgan fingerprint density at radius 3 is 2.36 bits per heavy atom. The van der Waals surface area contributed by atoms with E-state index >= 15 is 0 Å². The zero-order valence-corrected chi connectivity index (χ0v) is 29.5. The second kappa shape index (κ2) is 18.7. The van der Waals surface area contributed by atoms with Crippen molar-refractivity contribution in [2.45, 2.75) is 97.1 Å². The minimum absolute atomic E-state index is 0.00189. The number of benzene rings is 1. The van der Waals surface area contributed by atoms with E-state index in [1.165, 1.54) is 12.1 Å². The average Bonchev–Trinajstić information content (AvgIpc) is 3.54. The molecule has 1 aromatic rings. The summed E-state index contributed by atoms with van der Waals surface area (Å²) >= 11 is 0. The predicted octanol–water partition coefficient (Wildman–Crippen LogP) is 3.29. The zero-order chi connectivity index (χ0) is 35.4. The molecule has 13 nitrogen and oxygen atoms in total. The predicted molar refractivity (Wildman–Crippen MR) is 178 cm³/mol. The van der Waals surface area contributed by atoms with E-state index in [2.05, 4.69) is 5.32 Å². The number of nitrogens with one attached hydrogen (secondary N) is 1. The lowest BCUT2D eigenvalue weighted by Gasteiger charge is -2.40. The number of ether oxygens (including phenoxy) is 2. The molecule has 0 bridgehead atoms. The molecule has 47 heavy (non-hydrogen) atoms. The van der Waals surface area contributed by atoms with Gasteiger partial charge in [-0.3, -0.25) is 29.3 Å². The monoisotopic (exact) mass is 661 g/mol. The van der Waals surface area contributed by atoms with Crippen LogP contribution < -0.4 is 5.32 Å². The maximum atomic E-state index is 13.9. The Hall–Kier alpha value is -3.58. The van der Waals surface area contributed by atoms with Gasteiger partial charge < -0.3 is 29.5 Å². The van der Waals surface area contributed by atoms with Gasteiger partial charge in [0.25, 0.3) is 5.69 Å². The molecule has 1 saturated heterocycles. The fraction of sp³-hybridized carbons (Fsp3) is 0.706. The second-order valence-corrected chi connectivity index (χ2v) is 13.0. The quantitative estimate of drug-likeness (QED) is 0.135. The average molecular weight is 662 g/mol. The highest BCUT2D eigenvalue weighted by atomic mass is 16.6. The summed E-state index contributed by atoms with van der Waals surface area (Å²) in [6.45, 7) is 10.5. The van der Waals surface area contributed by atoms with E-state index in [0.29, 0.717) is 32.3 Å². The molecule has 1 heterocycles. The Morgan fingerprint density at radius 1 is 1.13 bits per heavy atom. The Kier molecular flexibility index (Phi) is 15.7. The van der Waals surface area contributed by atoms with Crippen molar-refractivity contribution in [3.63, 3.8) is 0 Å². The van der Waals surface area contributed by atoms with E-state index in [4.69, 9.17) is 9.47 Å². The molecule has 1 N–H and O–H groups in total. The number of carbonyl (C=O) groups excluding carboxylic acids is 4. The minimum Gasteiger partial charge on any atom is -0.379 e. The Bertz CT molecular complexity index is 1210. The summed E-state index contributed by atoms with van der Waals surface area (Å²) in [6, 6.07) is 4.93. The molecule has 0 radical (unpaired) electrons. The minimum atomic E-state index is -0.703. The van der Waals surface area contributed by atoms with Gasteiger partial charge in [-0.1, -0.05) is 53.2 Å². The third kappa shape index (κ3) is 10.2. The smallest absolute Gasteiger partial charge is 0.269 e. The van der Waals surface area contributed by atoms with Crippen molar-refractivity contribution in [2.75, 3.05) is 41.4 Å². The Labute approximate surface area is 279 Å². The lowest BCUT2D eigenvalue weighted by Crippen LogP contribution is -2.57. The first-order valence-corrected chi connectivity index (χ1v) is 16.5. The van der Waals surface area contributed by atoms with Crippen LogP contribution in [0.2, 0.25) is 0 Å². The Morgan fingerprint density at radius 2 is 1.81 bits per heavy atom. The van der Waals surface area contributed by atoms with Crippen molar-refractivity contribution in [1.82, 2.24) is 20.0 Å². The van der Waals surface area contributed by atoms with Crippen molar-refractivity contribution in [2.24, 2.45) is 17.8 Å². The molecule has 264 valence electrons. The molecule has 0 saturated carbocycles. The van der Waals surface area contributed by atoms with Crippen molar-refractivity contribution in [3.05, 3.63) is 39.9 Å². The van der Waals surface area contributed by atoms with E-state index in [1.807, 2.05) is 27.7 Å². The van der Waals surface area contributed by atoms with Gasteiger partial charge in [-0.05, 0) is 36.7 Å². The number of carbonyl (C=O) groups is 4. The highest BCUT2D eigenvalue weighted by Crippen LogP contribution is 2.30. The van der Waals surface area contributed by atoms with Gasteiger partial charge in [-0.15, -0.1) is 0 Å². The topological polar surface area (TPSA) is 152 Å². The number of methoxy groups -OCH3 is 2. The number of rotatable bonds is 19. The van der Waals surface area contributed by atoms with Crippen LogP contribution in [0.1, 0.15) is 65.9 Å². The summed E-state index contributed by atoms with van der Waals surface area (Å²) < 4.78 is 11.8. The van der Waals surface area contributed by atoms with Crippen LogP contribution in [-0.2, 0) is 35.1 Å². The lowest BCUT2D eigenvalue weighted by molar-refractivity contribution is -0.384. The molecule has 0 aromatic heterocycles. The number of nitro groups is 1. The van der Waals surface area contributed by atoms with Gasteiger partial charge in [0.15, 0.2) is 0 Å². The van der Waals surface area contributed by atoms with Crippen LogP contribution in [-0.4, -0.2) is 115 Å². The summed E-state index contributed by atoms with van der Waals surface area (Å²) in [7, 11) is 6.48. The normalized spacial score (nSPS) is 18.5. The number of hydrogen-bond donors (Lipinski definition) is 1. The van der Waals surface area contributed by atoms with Gasteiger partial charge in [0, 0.05) is 53.5 Å². The van der Waals surface area contributed by atoms with Crippen molar-refractivity contribution in [1.29, 1.82) is 0 Å². The molecular weight excluding hydrogens is 606 g/mol. The van der Waals surface area contributed by atoms with Crippen LogP contribution in [0.4, 0.5) is 5.69 Å². The van der Waals surface area contributed by atoms with Crippen LogP contribution in [0.25, 0.3) is 0 Å². The number of amides is 4. The third-order valence-corrected chi connectivity index (χ3v) is 9.65. The molecule has 7 atom stereocenters. The molecule has 1 aromatic carbocycles. The largest absolute Gasteiger partial charge is 0.379 e. The SMILES string of the molecule is CC[C@H](C)[C@@H]([C@@H](CC(=O)N1CCC[C@H]1[C@H](OC)[C@@H](C)C(=O)N(C)CCc1cccc([N+](=O)[O-])c1)OC)N(C)C(=O)[C@@H](NC=O)C(C)C. The van der Waals surface area contributed by atoms with Crippen molar-refractivity contribution >= 4 is 29.8 Å². The van der Waals surface area contributed by atoms with Gasteiger partial charge in [-0.25, -0.2) is 0 Å². The molecule has 0 aliphatic carbocycles. The zero-order valence-electron chi connectivity index (χ0n) is 29.5. The van der Waals surface area contributed by atoms with E-state index in [1.54, 1.807) is 62.1 Å². The highest BCUT2D eigenvalue weighted by Gasteiger charge is 2.43. The maximum Gasteiger partial charge on any atom is 0.269 e. The number of likely N-dealkylation sites (N-methyl/N-ethyl adjacent to an activating group) is 2. The number of non-ortho nitro benzene ring substituents is 1. The summed E-state index contributed by atoms with van der Waals surface area (Å²) in [6.07, 6.45) is 2.06. The summed E-state index contributed by atoms with van der Waals surface area (Å²) in [4.78, 5) is 67.9. The number of nitro benzene ring substituents is 1. The molecule has 0 unspecified atom stereocenters. The van der Waals surface area contributed by atoms with Gasteiger partial charge in [0.2, 0.25) is 24.1 Å². The molecule has 2 rings (SSSR count). The Balaban J connectivity index is 2.18. The van der Waals surface area contributed by atoms with Crippen molar-refractivity contribution < 1.29 is 33.6 Å². The van der Waals surface area contributed by atoms with Gasteiger partial charge >= 0.3 is 0 Å². The summed E-state index contributed by atoms with van der Waals surface area (Å²) in [5.41, 5.74) is 0.771. The lowest BCUT2D eigenvalue weighted by atomic mass is 9.89. The van der Waals surface area contributed by atoms with E-state index in [-0.39, 0.29) is 47.7 Å². The standard InChI is InChI=1S/C34H55N5O8/c1-10-23(4)31(37(7)34(43)30(22(2)3)35-21-40)28(46-8)20-29(41)38-17-12-15-27(38)32(47-9)24(5)33(42)36(6)18-16-25-13-11-14-26(19-25)39(44)45/h11,13-14,19,21-24,27-28,30-32H,10,12,15-18,20H2,1-9H3,(H,35,40)/t23-,24+,27-,28+,30-,31-,32+/m0/s1. The number of nitrogens with zero attached hydrogens (tertiary/aromatic N) is 4. The van der Waals surface area contributed by atoms with Crippen LogP contribution >= 0.6 is 0 Å². The summed E-state index contributed by atoms with van der Waals surface area (Å²) in [5, 5.41) is 13.8.